The normalized spacial score (nSPS) is 10.6. The molecule has 3 aromatic rings. The maximum absolute atomic E-state index is 12.4. The number of furan rings is 1. The van der Waals surface area contributed by atoms with E-state index < -0.39 is 12.1 Å². The smallest absolute Gasteiger partial charge is 0.412 e. The molecule has 2 N–H and O–H groups in total. The van der Waals surface area contributed by atoms with E-state index in [0.29, 0.717) is 28.0 Å². The van der Waals surface area contributed by atoms with Gasteiger partial charge in [-0.25, -0.2) is 9.59 Å². The molecule has 1 aromatic heterocycles. The highest BCUT2D eigenvalue weighted by atomic mass is 16.6. The third-order valence-corrected chi connectivity index (χ3v) is 3.62. The first-order chi connectivity index (χ1) is 11.5. The van der Waals surface area contributed by atoms with E-state index in [2.05, 4.69) is 4.74 Å². The Labute approximate surface area is 137 Å². The van der Waals surface area contributed by atoms with Gasteiger partial charge in [-0.3, -0.25) is 0 Å². The SMILES string of the molecule is COc1cc(C)c2oc(-c3ccccc3)c(C(=O)OC(N)=O)c2c1. The van der Waals surface area contributed by atoms with Gasteiger partial charge >= 0.3 is 12.1 Å². The van der Waals surface area contributed by atoms with Gasteiger partial charge in [-0.2, -0.15) is 0 Å². The summed E-state index contributed by atoms with van der Waals surface area (Å²) in [4.78, 5) is 23.4. The van der Waals surface area contributed by atoms with E-state index in [1.807, 2.05) is 25.1 Å². The molecule has 0 bridgehead atoms. The second kappa shape index (κ2) is 6.08. The van der Waals surface area contributed by atoms with E-state index >= 15 is 0 Å². The molecule has 24 heavy (non-hydrogen) atoms. The molecule has 0 spiro atoms. The number of esters is 1. The zero-order chi connectivity index (χ0) is 17.3. The summed E-state index contributed by atoms with van der Waals surface area (Å²) in [5.74, 6) is 0.00879. The molecule has 0 aliphatic rings. The van der Waals surface area contributed by atoms with Crippen LogP contribution in [0.25, 0.3) is 22.3 Å². The van der Waals surface area contributed by atoms with Crippen LogP contribution in [0.2, 0.25) is 0 Å². The van der Waals surface area contributed by atoms with E-state index in [9.17, 15) is 9.59 Å². The molecular weight excluding hydrogens is 310 g/mol. The molecule has 6 heteroatoms. The number of benzene rings is 2. The first kappa shape index (κ1) is 15.6. The van der Waals surface area contributed by atoms with Gasteiger partial charge in [-0.1, -0.05) is 30.3 Å². The van der Waals surface area contributed by atoms with Gasteiger partial charge in [0.1, 0.15) is 22.7 Å². The summed E-state index contributed by atoms with van der Waals surface area (Å²) < 4.78 is 15.7. The Balaban J connectivity index is 2.32. The van der Waals surface area contributed by atoms with Gasteiger partial charge in [0.05, 0.1) is 7.11 Å². The Hall–Kier alpha value is -3.28. The van der Waals surface area contributed by atoms with Gasteiger partial charge in [0.25, 0.3) is 0 Å². The summed E-state index contributed by atoms with van der Waals surface area (Å²) in [5.41, 5.74) is 7.11. The van der Waals surface area contributed by atoms with Crippen molar-refractivity contribution < 1.29 is 23.5 Å². The summed E-state index contributed by atoms with van der Waals surface area (Å²) in [6.45, 7) is 1.84. The predicted molar refractivity (Wildman–Crippen MR) is 87.9 cm³/mol. The summed E-state index contributed by atoms with van der Waals surface area (Å²) in [7, 11) is 1.53. The van der Waals surface area contributed by atoms with Gasteiger partial charge in [-0.05, 0) is 24.6 Å². The van der Waals surface area contributed by atoms with Crippen molar-refractivity contribution in [1.29, 1.82) is 0 Å². The third kappa shape index (κ3) is 2.69. The van der Waals surface area contributed by atoms with Crippen molar-refractivity contribution in [3.8, 4) is 17.1 Å². The van der Waals surface area contributed by atoms with Crippen molar-refractivity contribution in [3.05, 3.63) is 53.6 Å². The van der Waals surface area contributed by atoms with Gasteiger partial charge in [-0.15, -0.1) is 0 Å². The number of hydrogen-bond acceptors (Lipinski definition) is 5. The lowest BCUT2D eigenvalue weighted by atomic mass is 10.0. The van der Waals surface area contributed by atoms with Gasteiger partial charge < -0.3 is 19.6 Å². The standard InChI is InChI=1S/C18H15NO5/c1-10-8-12(22-2)9-13-14(17(20)24-18(19)21)16(23-15(10)13)11-6-4-3-5-7-11/h3-9H,1-2H3,(H2,19,21). The fourth-order valence-corrected chi connectivity index (χ4v) is 2.59. The summed E-state index contributed by atoms with van der Waals surface area (Å²) in [6, 6.07) is 12.5. The summed E-state index contributed by atoms with van der Waals surface area (Å²) in [6.07, 6.45) is -1.17. The number of primary amides is 1. The Morgan fingerprint density at radius 2 is 1.83 bits per heavy atom. The minimum Gasteiger partial charge on any atom is -0.497 e. The molecule has 0 atom stereocenters. The molecule has 2 aromatic carbocycles. The highest BCUT2D eigenvalue weighted by Gasteiger charge is 2.26. The van der Waals surface area contributed by atoms with Gasteiger partial charge in [0.15, 0.2) is 0 Å². The lowest BCUT2D eigenvalue weighted by Gasteiger charge is -2.03. The predicted octanol–water partition coefficient (Wildman–Crippen LogP) is 3.65. The quantitative estimate of drug-likeness (QED) is 0.586. The molecule has 6 nitrogen and oxygen atoms in total. The Kier molecular flexibility index (Phi) is 3.95. The number of hydrogen-bond donors (Lipinski definition) is 1. The average molecular weight is 325 g/mol. The van der Waals surface area contributed by atoms with Gasteiger partial charge in [0, 0.05) is 10.9 Å². The van der Waals surface area contributed by atoms with Crippen LogP contribution >= 0.6 is 0 Å². The number of rotatable bonds is 3. The van der Waals surface area contributed by atoms with E-state index in [-0.39, 0.29) is 5.56 Å². The Morgan fingerprint density at radius 3 is 2.46 bits per heavy atom. The molecule has 0 saturated heterocycles. The van der Waals surface area contributed by atoms with Crippen LogP contribution in [0.1, 0.15) is 15.9 Å². The molecule has 1 amide bonds. The molecular formula is C18H15NO5. The topological polar surface area (TPSA) is 91.8 Å². The van der Waals surface area contributed by atoms with E-state index in [1.54, 1.807) is 24.3 Å². The van der Waals surface area contributed by atoms with Crippen molar-refractivity contribution in [2.24, 2.45) is 5.73 Å². The Bertz CT molecular complexity index is 927. The van der Waals surface area contributed by atoms with E-state index in [4.69, 9.17) is 14.9 Å². The fourth-order valence-electron chi connectivity index (χ4n) is 2.59. The van der Waals surface area contributed by atoms with E-state index in [1.165, 1.54) is 7.11 Å². The second-order valence-electron chi connectivity index (χ2n) is 5.20. The lowest BCUT2D eigenvalue weighted by Crippen LogP contribution is -2.18. The summed E-state index contributed by atoms with van der Waals surface area (Å²) >= 11 is 0. The number of aryl methyl sites for hydroxylation is 1. The Morgan fingerprint density at radius 1 is 1.12 bits per heavy atom. The number of carbonyl (C=O) groups is 2. The third-order valence-electron chi connectivity index (χ3n) is 3.62. The average Bonchev–Trinajstić information content (AvgIpc) is 2.95. The molecule has 0 saturated carbocycles. The summed E-state index contributed by atoms with van der Waals surface area (Å²) in [5, 5.41) is 0.497. The molecule has 122 valence electrons. The minimum atomic E-state index is -1.17. The molecule has 0 radical (unpaired) electrons. The minimum absolute atomic E-state index is 0.136. The van der Waals surface area contributed by atoms with Crippen molar-refractivity contribution in [2.45, 2.75) is 6.92 Å². The van der Waals surface area contributed by atoms with Crippen LogP contribution in [-0.2, 0) is 4.74 Å². The first-order valence-corrected chi connectivity index (χ1v) is 7.19. The van der Waals surface area contributed by atoms with Crippen LogP contribution in [0.15, 0.2) is 46.9 Å². The zero-order valence-corrected chi connectivity index (χ0v) is 13.2. The van der Waals surface area contributed by atoms with Crippen molar-refractivity contribution in [1.82, 2.24) is 0 Å². The number of methoxy groups -OCH3 is 1. The van der Waals surface area contributed by atoms with Crippen LogP contribution in [0.4, 0.5) is 4.79 Å². The van der Waals surface area contributed by atoms with Crippen LogP contribution in [0, 0.1) is 6.92 Å². The molecule has 3 rings (SSSR count). The number of nitrogens with two attached hydrogens (primary N) is 1. The maximum atomic E-state index is 12.4. The molecule has 0 fully saturated rings. The molecule has 0 unspecified atom stereocenters. The monoisotopic (exact) mass is 325 g/mol. The van der Waals surface area contributed by atoms with Crippen molar-refractivity contribution in [3.63, 3.8) is 0 Å². The molecule has 0 aliphatic carbocycles. The lowest BCUT2D eigenvalue weighted by molar-refractivity contribution is 0.0640. The second-order valence-corrected chi connectivity index (χ2v) is 5.20. The number of ether oxygens (including phenoxy) is 2. The zero-order valence-electron chi connectivity index (χ0n) is 13.2. The first-order valence-electron chi connectivity index (χ1n) is 7.19. The molecule has 1 heterocycles. The fraction of sp³-hybridized carbons (Fsp3) is 0.111. The van der Waals surface area contributed by atoms with Crippen molar-refractivity contribution >= 4 is 23.0 Å². The number of amides is 1. The van der Waals surface area contributed by atoms with Crippen LogP contribution in [-0.4, -0.2) is 19.2 Å². The molecule has 0 aliphatic heterocycles. The van der Waals surface area contributed by atoms with Crippen LogP contribution < -0.4 is 10.5 Å². The van der Waals surface area contributed by atoms with Crippen LogP contribution in [0.5, 0.6) is 5.75 Å². The maximum Gasteiger partial charge on any atom is 0.412 e. The van der Waals surface area contributed by atoms with Crippen LogP contribution in [0.3, 0.4) is 0 Å². The van der Waals surface area contributed by atoms with Crippen molar-refractivity contribution in [2.75, 3.05) is 7.11 Å². The van der Waals surface area contributed by atoms with Gasteiger partial charge in [0.2, 0.25) is 0 Å². The van der Waals surface area contributed by atoms with E-state index in [0.717, 1.165) is 5.56 Å². The number of fused-ring (bicyclic) bond motifs is 1. The number of carbonyl (C=O) groups excluding carboxylic acids is 2. The highest BCUT2D eigenvalue weighted by molar-refractivity contribution is 6.11. The highest BCUT2D eigenvalue weighted by Crippen LogP contribution is 2.37. The largest absolute Gasteiger partial charge is 0.497 e.